The van der Waals surface area contributed by atoms with Gasteiger partial charge in [0.25, 0.3) is 0 Å². The smallest absolute Gasteiger partial charge is 0.350 e. The van der Waals surface area contributed by atoms with Gasteiger partial charge in [-0.3, -0.25) is 0 Å². The number of fused-ring (bicyclic) bond motifs is 1. The van der Waals surface area contributed by atoms with Gasteiger partial charge in [-0.1, -0.05) is 30.1 Å². The monoisotopic (exact) mass is 585 g/mol. The molecule has 9 heteroatoms. The number of halogens is 2. The van der Waals surface area contributed by atoms with E-state index in [0.717, 1.165) is 23.0 Å². The molecule has 0 saturated heterocycles. The molecule has 0 bridgehead atoms. The number of rotatable bonds is 5. The van der Waals surface area contributed by atoms with Crippen molar-refractivity contribution in [3.05, 3.63) is 41.7 Å². The van der Waals surface area contributed by atoms with Gasteiger partial charge >= 0.3 is 11.9 Å². The molecule has 0 unspecified atom stereocenters. The maximum Gasteiger partial charge on any atom is 0.350 e. The largest absolute Gasteiger partial charge is 0.459 e. The molecule has 1 heterocycles. The molecule has 0 aliphatic carbocycles. The van der Waals surface area contributed by atoms with Gasteiger partial charge in [-0.2, -0.15) is 5.26 Å². The Morgan fingerprint density at radius 3 is 2.21 bits per heavy atom. The van der Waals surface area contributed by atoms with E-state index in [1.165, 1.54) is 23.5 Å². The minimum atomic E-state index is -0.722. The van der Waals surface area contributed by atoms with Gasteiger partial charge in [0, 0.05) is 23.0 Å². The highest BCUT2D eigenvalue weighted by atomic mass is 127. The SMILES string of the molecule is C=CC(=O)OCCOC(=O)C(C#N)=C1Sc2c(I)ccc(I)c2S1. The van der Waals surface area contributed by atoms with Gasteiger partial charge in [-0.15, -0.1) is 0 Å². The highest BCUT2D eigenvalue weighted by Crippen LogP contribution is 2.55. The fraction of sp³-hybridized carbons (Fsp3) is 0.133. The summed E-state index contributed by atoms with van der Waals surface area (Å²) in [6.07, 6.45) is 1.02. The van der Waals surface area contributed by atoms with Gasteiger partial charge < -0.3 is 9.47 Å². The number of benzene rings is 1. The van der Waals surface area contributed by atoms with Crippen molar-refractivity contribution in [1.82, 2.24) is 0 Å². The summed E-state index contributed by atoms with van der Waals surface area (Å²) >= 11 is 7.24. The third-order valence-electron chi connectivity index (χ3n) is 2.65. The quantitative estimate of drug-likeness (QED) is 0.170. The van der Waals surface area contributed by atoms with E-state index in [2.05, 4.69) is 51.8 Å². The van der Waals surface area contributed by atoms with Crippen molar-refractivity contribution < 1.29 is 19.1 Å². The van der Waals surface area contributed by atoms with Gasteiger partial charge in [0.15, 0.2) is 5.57 Å². The molecule has 1 aliphatic heterocycles. The molecule has 0 aromatic heterocycles. The third-order valence-corrected chi connectivity index (χ3v) is 7.85. The zero-order valence-corrected chi connectivity index (χ0v) is 18.0. The van der Waals surface area contributed by atoms with Crippen LogP contribution in [0.2, 0.25) is 0 Å². The standard InChI is InChI=1S/C15H9I2NO4S2/c1-2-11(19)21-5-6-22-14(20)8(7-18)15-23-12-9(16)3-4-10(17)13(12)24-15/h2-4H,1,5-6H2. The van der Waals surface area contributed by atoms with E-state index in [0.29, 0.717) is 4.24 Å². The lowest BCUT2D eigenvalue weighted by Gasteiger charge is -2.05. The number of carbonyl (C=O) groups is 2. The predicted octanol–water partition coefficient (Wildman–Crippen LogP) is 4.10. The van der Waals surface area contributed by atoms with Crippen LogP contribution >= 0.6 is 68.7 Å². The maximum atomic E-state index is 12.1. The molecule has 1 aromatic carbocycles. The summed E-state index contributed by atoms with van der Waals surface area (Å²) in [4.78, 5) is 25.1. The summed E-state index contributed by atoms with van der Waals surface area (Å²) in [6, 6.07) is 5.91. The van der Waals surface area contributed by atoms with Crippen LogP contribution < -0.4 is 0 Å². The second-order valence-corrected chi connectivity index (χ2v) is 8.80. The third kappa shape index (κ3) is 4.68. The zero-order chi connectivity index (χ0) is 17.7. The van der Waals surface area contributed by atoms with Crippen molar-refractivity contribution in [1.29, 1.82) is 5.26 Å². The Morgan fingerprint density at radius 2 is 1.71 bits per heavy atom. The summed E-state index contributed by atoms with van der Waals surface area (Å²) < 4.78 is 12.5. The Morgan fingerprint density at radius 1 is 1.17 bits per heavy atom. The van der Waals surface area contributed by atoms with Crippen LogP contribution in [-0.4, -0.2) is 25.2 Å². The minimum absolute atomic E-state index is 0.0390. The van der Waals surface area contributed by atoms with Crippen LogP contribution in [0.4, 0.5) is 0 Å². The topological polar surface area (TPSA) is 76.4 Å². The molecule has 0 fully saturated rings. The Balaban J connectivity index is 2.08. The number of thioether (sulfide) groups is 2. The summed E-state index contributed by atoms with van der Waals surface area (Å²) in [6.45, 7) is 3.06. The summed E-state index contributed by atoms with van der Waals surface area (Å²) in [7, 11) is 0. The first-order valence-electron chi connectivity index (χ1n) is 6.42. The van der Waals surface area contributed by atoms with E-state index >= 15 is 0 Å². The number of esters is 2. The van der Waals surface area contributed by atoms with Gasteiger partial charge in [-0.05, 0) is 57.3 Å². The Kier molecular flexibility index (Phi) is 7.45. The van der Waals surface area contributed by atoms with Crippen molar-refractivity contribution in [2.45, 2.75) is 9.79 Å². The van der Waals surface area contributed by atoms with Crippen molar-refractivity contribution >= 4 is 80.6 Å². The van der Waals surface area contributed by atoms with Crippen LogP contribution in [0.1, 0.15) is 0 Å². The van der Waals surface area contributed by atoms with E-state index in [4.69, 9.17) is 9.47 Å². The molecule has 0 saturated carbocycles. The van der Waals surface area contributed by atoms with Crippen molar-refractivity contribution in [3.63, 3.8) is 0 Å². The molecule has 24 heavy (non-hydrogen) atoms. The molecule has 0 radical (unpaired) electrons. The fourth-order valence-corrected chi connectivity index (χ4v) is 6.01. The lowest BCUT2D eigenvalue weighted by atomic mass is 10.3. The summed E-state index contributed by atoms with van der Waals surface area (Å²) in [5.41, 5.74) is -0.0390. The maximum absolute atomic E-state index is 12.1. The lowest BCUT2D eigenvalue weighted by molar-refractivity contribution is -0.146. The number of carbonyl (C=O) groups excluding carboxylic acids is 2. The van der Waals surface area contributed by atoms with E-state index in [1.807, 2.05) is 18.2 Å². The molecule has 5 nitrogen and oxygen atoms in total. The number of hydrogen-bond acceptors (Lipinski definition) is 7. The first-order chi connectivity index (χ1) is 11.5. The highest BCUT2D eigenvalue weighted by molar-refractivity contribution is 14.1. The van der Waals surface area contributed by atoms with Gasteiger partial charge in [0.1, 0.15) is 19.3 Å². The average Bonchev–Trinajstić information content (AvgIpc) is 3.01. The van der Waals surface area contributed by atoms with E-state index in [-0.39, 0.29) is 18.8 Å². The first-order valence-corrected chi connectivity index (χ1v) is 10.2. The fourth-order valence-electron chi connectivity index (χ4n) is 1.60. The van der Waals surface area contributed by atoms with E-state index in [1.54, 1.807) is 0 Å². The molecule has 0 atom stereocenters. The van der Waals surface area contributed by atoms with Crippen LogP contribution in [0.3, 0.4) is 0 Å². The summed E-state index contributed by atoms with van der Waals surface area (Å²) in [5, 5.41) is 9.32. The number of nitrogens with zero attached hydrogens (tertiary/aromatic N) is 1. The minimum Gasteiger partial charge on any atom is -0.459 e. The van der Waals surface area contributed by atoms with Crippen LogP contribution in [-0.2, 0) is 19.1 Å². The number of hydrogen-bond donors (Lipinski definition) is 0. The molecule has 124 valence electrons. The second kappa shape index (κ2) is 9.12. The number of nitriles is 1. The zero-order valence-electron chi connectivity index (χ0n) is 12.0. The lowest BCUT2D eigenvalue weighted by Crippen LogP contribution is -2.14. The molecular formula is C15H9I2NO4S2. The summed E-state index contributed by atoms with van der Waals surface area (Å²) in [5.74, 6) is -1.31. The highest BCUT2D eigenvalue weighted by Gasteiger charge is 2.28. The van der Waals surface area contributed by atoms with E-state index < -0.39 is 11.9 Å². The molecule has 0 amide bonds. The van der Waals surface area contributed by atoms with Gasteiger partial charge in [0.05, 0.1) is 4.24 Å². The van der Waals surface area contributed by atoms with Gasteiger partial charge in [0.2, 0.25) is 0 Å². The molecule has 2 rings (SSSR count). The first kappa shape index (κ1) is 19.6. The average molecular weight is 585 g/mol. The van der Waals surface area contributed by atoms with Crippen molar-refractivity contribution in [2.24, 2.45) is 0 Å². The molecule has 0 N–H and O–H groups in total. The Labute approximate surface area is 174 Å². The van der Waals surface area contributed by atoms with E-state index in [9.17, 15) is 14.9 Å². The van der Waals surface area contributed by atoms with Crippen LogP contribution in [0.15, 0.2) is 44.4 Å². The van der Waals surface area contributed by atoms with Crippen molar-refractivity contribution in [2.75, 3.05) is 13.2 Å². The Hall–Kier alpha value is -0.710. The Bertz CT molecular complexity index is 753. The van der Waals surface area contributed by atoms with Crippen molar-refractivity contribution in [3.8, 4) is 6.07 Å². The predicted molar refractivity (Wildman–Crippen MR) is 108 cm³/mol. The van der Waals surface area contributed by atoms with Crippen LogP contribution in [0.25, 0.3) is 0 Å². The van der Waals surface area contributed by atoms with Gasteiger partial charge in [-0.25, -0.2) is 9.59 Å². The van der Waals surface area contributed by atoms with Crippen LogP contribution in [0, 0.1) is 18.5 Å². The molecular weight excluding hydrogens is 576 g/mol. The number of ether oxygens (including phenoxy) is 2. The second-order valence-electron chi connectivity index (χ2n) is 4.17. The molecule has 1 aromatic rings. The molecule has 0 spiro atoms. The van der Waals surface area contributed by atoms with Crippen LogP contribution in [0.5, 0.6) is 0 Å². The molecule has 1 aliphatic rings. The normalized spacial score (nSPS) is 12.1.